The van der Waals surface area contributed by atoms with E-state index >= 15 is 0 Å². The molecule has 1 N–H and O–H groups in total. The van der Waals surface area contributed by atoms with Gasteiger partial charge in [-0.1, -0.05) is 70.0 Å². The van der Waals surface area contributed by atoms with Gasteiger partial charge in [-0.25, -0.2) is 8.42 Å². The fourth-order valence-corrected chi connectivity index (χ4v) is 5.67. The van der Waals surface area contributed by atoms with E-state index in [2.05, 4.69) is 26.0 Å². The van der Waals surface area contributed by atoms with Crippen molar-refractivity contribution >= 4 is 54.2 Å². The number of nitrogens with zero attached hydrogens (tertiary/aromatic N) is 2. The predicted molar refractivity (Wildman–Crippen MR) is 140 cm³/mol. The topological polar surface area (TPSA) is 82.6 Å². The molecule has 34 heavy (non-hydrogen) atoms. The van der Waals surface area contributed by atoms with Gasteiger partial charge in [-0.2, -0.15) is 9.52 Å². The van der Waals surface area contributed by atoms with Crippen LogP contribution in [0.1, 0.15) is 23.6 Å². The highest BCUT2D eigenvalue weighted by atomic mass is 79.9. The van der Waals surface area contributed by atoms with Crippen LogP contribution in [0.2, 0.25) is 5.02 Å². The Labute approximate surface area is 210 Å². The Morgan fingerprint density at radius 2 is 1.74 bits per heavy atom. The highest BCUT2D eigenvalue weighted by Crippen LogP contribution is 2.38. The molecule has 0 spiro atoms. The molecule has 1 aliphatic rings. The molecule has 172 valence electrons. The summed E-state index contributed by atoms with van der Waals surface area (Å²) < 4.78 is 27.3. The average Bonchev–Trinajstić information content (AvgIpc) is 3.25. The summed E-state index contributed by atoms with van der Waals surface area (Å²) in [4.78, 5) is 16.3. The minimum atomic E-state index is -3.69. The normalized spacial score (nSPS) is 16.1. The van der Waals surface area contributed by atoms with E-state index < -0.39 is 16.1 Å². The number of pyridine rings is 1. The van der Waals surface area contributed by atoms with Crippen LogP contribution in [0.4, 0.5) is 0 Å². The number of hydrogen-bond donors (Lipinski definition) is 1. The van der Waals surface area contributed by atoms with Crippen molar-refractivity contribution in [3.05, 3.63) is 104 Å². The maximum atomic E-state index is 13.4. The second-order valence-electron chi connectivity index (χ2n) is 8.11. The third kappa shape index (κ3) is 4.17. The first-order chi connectivity index (χ1) is 16.2. The van der Waals surface area contributed by atoms with Crippen molar-refractivity contribution in [2.45, 2.75) is 12.5 Å². The average molecular weight is 557 g/mol. The molecule has 0 saturated heterocycles. The van der Waals surface area contributed by atoms with Crippen LogP contribution >= 0.6 is 27.5 Å². The molecule has 0 unspecified atom stereocenters. The minimum absolute atomic E-state index is 0.254. The quantitative estimate of drug-likeness (QED) is 0.349. The highest BCUT2D eigenvalue weighted by Gasteiger charge is 2.36. The summed E-state index contributed by atoms with van der Waals surface area (Å²) in [5.74, 6) is 0. The molecule has 0 aliphatic carbocycles. The summed E-state index contributed by atoms with van der Waals surface area (Å²) in [5, 5.41) is 5.77. The third-order valence-electron chi connectivity index (χ3n) is 5.79. The van der Waals surface area contributed by atoms with Crippen LogP contribution in [0.3, 0.4) is 0 Å². The summed E-state index contributed by atoms with van der Waals surface area (Å²) in [5.41, 5.74) is 3.32. The number of hydrazone groups is 1. The molecule has 2 heterocycles. The molecule has 5 rings (SSSR count). The van der Waals surface area contributed by atoms with Crippen molar-refractivity contribution in [2.75, 3.05) is 6.26 Å². The van der Waals surface area contributed by atoms with Crippen molar-refractivity contribution in [3.63, 3.8) is 0 Å². The maximum absolute atomic E-state index is 13.4. The first kappa shape index (κ1) is 22.8. The fourth-order valence-electron chi connectivity index (χ4n) is 4.32. The van der Waals surface area contributed by atoms with E-state index in [-0.39, 0.29) is 12.0 Å². The molecular formula is C25H19BrClN3O3S. The summed E-state index contributed by atoms with van der Waals surface area (Å²) in [6.07, 6.45) is 1.37. The number of hydrogen-bond acceptors (Lipinski definition) is 4. The second kappa shape index (κ2) is 8.69. The predicted octanol–water partition coefficient (Wildman–Crippen LogP) is 5.72. The summed E-state index contributed by atoms with van der Waals surface area (Å²) in [6.45, 7) is 0. The number of nitrogens with one attached hydrogen (secondary N) is 1. The molecule has 9 heteroatoms. The van der Waals surface area contributed by atoms with Gasteiger partial charge in [0.05, 0.1) is 23.6 Å². The Hall–Kier alpha value is -2.94. The van der Waals surface area contributed by atoms with E-state index in [1.807, 2.05) is 54.6 Å². The van der Waals surface area contributed by atoms with Gasteiger partial charge in [0.25, 0.3) is 5.56 Å². The van der Waals surface area contributed by atoms with E-state index in [0.29, 0.717) is 27.4 Å². The largest absolute Gasteiger partial charge is 0.321 e. The summed E-state index contributed by atoms with van der Waals surface area (Å²) >= 11 is 9.73. The number of aromatic nitrogens is 1. The summed E-state index contributed by atoms with van der Waals surface area (Å²) in [6, 6.07) is 21.6. The lowest BCUT2D eigenvalue weighted by atomic mass is 9.91. The van der Waals surface area contributed by atoms with Crippen LogP contribution in [0.5, 0.6) is 0 Å². The number of benzene rings is 3. The molecule has 0 bridgehead atoms. The van der Waals surface area contributed by atoms with Crippen molar-refractivity contribution in [2.24, 2.45) is 5.10 Å². The molecule has 3 aromatic carbocycles. The summed E-state index contributed by atoms with van der Waals surface area (Å²) in [7, 11) is -3.69. The molecule has 1 aliphatic heterocycles. The SMILES string of the molecule is CS(=O)(=O)N1N=C(c2c(-c3ccccc3)c3cc(Cl)ccc3[nH]c2=O)C[C@@H]1c1ccc(Br)cc1. The number of sulfonamides is 1. The zero-order valence-electron chi connectivity index (χ0n) is 18.0. The van der Waals surface area contributed by atoms with Gasteiger partial charge in [-0.05, 0) is 41.5 Å². The lowest BCUT2D eigenvalue weighted by Crippen LogP contribution is -2.25. The number of rotatable bonds is 4. The monoisotopic (exact) mass is 555 g/mol. The van der Waals surface area contributed by atoms with E-state index in [4.69, 9.17) is 11.6 Å². The number of H-pyrrole nitrogens is 1. The lowest BCUT2D eigenvalue weighted by Gasteiger charge is -2.21. The van der Waals surface area contributed by atoms with E-state index in [9.17, 15) is 13.2 Å². The zero-order valence-corrected chi connectivity index (χ0v) is 21.2. The molecule has 1 atom stereocenters. The Morgan fingerprint density at radius 1 is 1.03 bits per heavy atom. The zero-order chi connectivity index (χ0) is 24.0. The number of halogens is 2. The smallest absolute Gasteiger partial charge is 0.258 e. The van der Waals surface area contributed by atoms with Gasteiger partial charge in [-0.3, -0.25) is 4.79 Å². The standard InChI is InChI=1S/C25H19BrClN3O3S/c1-34(32,33)30-22(15-7-9-17(26)10-8-15)14-21(29-30)24-23(16-5-3-2-4-6-16)19-13-18(27)11-12-20(19)28-25(24)31/h2-13,22H,14H2,1H3,(H,28,31)/t22-/m1/s1. The van der Waals surface area contributed by atoms with E-state index in [1.54, 1.807) is 18.2 Å². The molecular weight excluding hydrogens is 538 g/mol. The Balaban J connectivity index is 1.76. The fraction of sp³-hybridized carbons (Fsp3) is 0.120. The Kier molecular flexibility index (Phi) is 5.83. The molecule has 4 aromatic rings. The number of fused-ring (bicyclic) bond motifs is 1. The second-order valence-corrected chi connectivity index (χ2v) is 11.3. The first-order valence-corrected chi connectivity index (χ1v) is 13.5. The van der Waals surface area contributed by atoms with Crippen LogP contribution in [0.25, 0.3) is 22.0 Å². The molecule has 0 saturated carbocycles. The van der Waals surface area contributed by atoms with Crippen LogP contribution in [0.15, 0.2) is 87.2 Å². The van der Waals surface area contributed by atoms with Gasteiger partial charge in [0.1, 0.15) is 0 Å². The van der Waals surface area contributed by atoms with Gasteiger partial charge in [0.2, 0.25) is 10.0 Å². The molecule has 0 fully saturated rings. The maximum Gasteiger partial charge on any atom is 0.258 e. The van der Waals surface area contributed by atoms with Crippen molar-refractivity contribution in [1.82, 2.24) is 9.40 Å². The highest BCUT2D eigenvalue weighted by molar-refractivity contribution is 9.10. The van der Waals surface area contributed by atoms with Gasteiger partial charge in [0, 0.05) is 32.4 Å². The third-order valence-corrected chi connectivity index (χ3v) is 7.57. The minimum Gasteiger partial charge on any atom is -0.321 e. The van der Waals surface area contributed by atoms with Crippen LogP contribution in [-0.2, 0) is 10.0 Å². The first-order valence-electron chi connectivity index (χ1n) is 10.5. The van der Waals surface area contributed by atoms with Crippen molar-refractivity contribution in [1.29, 1.82) is 0 Å². The molecule has 0 amide bonds. The van der Waals surface area contributed by atoms with Gasteiger partial charge < -0.3 is 4.98 Å². The lowest BCUT2D eigenvalue weighted by molar-refractivity contribution is 0.375. The molecule has 6 nitrogen and oxygen atoms in total. The van der Waals surface area contributed by atoms with Crippen LogP contribution < -0.4 is 5.56 Å². The molecule has 1 aromatic heterocycles. The van der Waals surface area contributed by atoms with E-state index in [0.717, 1.165) is 31.7 Å². The van der Waals surface area contributed by atoms with Gasteiger partial charge in [-0.15, -0.1) is 0 Å². The van der Waals surface area contributed by atoms with Gasteiger partial charge >= 0.3 is 0 Å². The van der Waals surface area contributed by atoms with Crippen LogP contribution in [0, 0.1) is 0 Å². The Morgan fingerprint density at radius 3 is 2.41 bits per heavy atom. The van der Waals surface area contributed by atoms with Crippen molar-refractivity contribution < 1.29 is 8.42 Å². The van der Waals surface area contributed by atoms with Crippen molar-refractivity contribution in [3.8, 4) is 11.1 Å². The van der Waals surface area contributed by atoms with Crippen LogP contribution in [-0.4, -0.2) is 29.8 Å². The van der Waals surface area contributed by atoms with Gasteiger partial charge in [0.15, 0.2) is 0 Å². The number of aromatic amines is 1. The Bertz CT molecular complexity index is 1600. The molecule has 0 radical (unpaired) electrons. The van der Waals surface area contributed by atoms with E-state index in [1.165, 1.54) is 0 Å².